The third-order valence-electron chi connectivity index (χ3n) is 8.38. The highest BCUT2D eigenvalue weighted by Crippen LogP contribution is 2.49. The summed E-state index contributed by atoms with van der Waals surface area (Å²) in [6.45, 7) is 0. The van der Waals surface area contributed by atoms with Crippen LogP contribution in [0.5, 0.6) is 11.5 Å². The SMILES string of the molecule is c1ccc2c(c1)ccc1cc3ccc(-c4ccc5c(c4)Oc4cc6ccccc6c6cccc-5c46)cc3cc12. The summed E-state index contributed by atoms with van der Waals surface area (Å²) >= 11 is 0. The topological polar surface area (TPSA) is 9.23 Å². The molecule has 0 saturated carbocycles. The van der Waals surface area contributed by atoms with E-state index < -0.39 is 0 Å². The van der Waals surface area contributed by atoms with Crippen molar-refractivity contribution in [1.29, 1.82) is 0 Å². The lowest BCUT2D eigenvalue weighted by atomic mass is 9.90. The van der Waals surface area contributed by atoms with Gasteiger partial charge in [-0.25, -0.2) is 0 Å². The highest BCUT2D eigenvalue weighted by atomic mass is 16.5. The molecule has 0 fully saturated rings. The second kappa shape index (κ2) is 7.69. The molecule has 1 nitrogen and oxygen atoms in total. The Morgan fingerprint density at radius 1 is 0.333 bits per heavy atom. The maximum Gasteiger partial charge on any atom is 0.136 e. The van der Waals surface area contributed by atoms with Crippen molar-refractivity contribution < 1.29 is 4.74 Å². The Hall–Kier alpha value is -5.14. The van der Waals surface area contributed by atoms with Gasteiger partial charge in [0.05, 0.1) is 0 Å². The quantitative estimate of drug-likeness (QED) is 0.163. The Bertz CT molecular complexity index is 2310. The fourth-order valence-corrected chi connectivity index (χ4v) is 6.49. The van der Waals surface area contributed by atoms with Crippen molar-refractivity contribution in [1.82, 2.24) is 0 Å². The normalized spacial score (nSPS) is 12.3. The molecule has 0 bridgehead atoms. The van der Waals surface area contributed by atoms with Gasteiger partial charge in [-0.2, -0.15) is 0 Å². The zero-order chi connectivity index (χ0) is 25.5. The second-order valence-electron chi connectivity index (χ2n) is 10.6. The number of rotatable bonds is 1. The summed E-state index contributed by atoms with van der Waals surface area (Å²) in [6.07, 6.45) is 0. The minimum absolute atomic E-state index is 0.910. The first-order chi connectivity index (χ1) is 19.3. The van der Waals surface area contributed by atoms with Gasteiger partial charge in [-0.05, 0) is 102 Å². The first-order valence-electron chi connectivity index (χ1n) is 13.4. The number of fused-ring (bicyclic) bond motifs is 8. The van der Waals surface area contributed by atoms with E-state index >= 15 is 0 Å². The van der Waals surface area contributed by atoms with Crippen LogP contribution >= 0.6 is 0 Å². The van der Waals surface area contributed by atoms with Crippen molar-refractivity contribution in [3.8, 4) is 33.8 Å². The monoisotopic (exact) mass is 494 g/mol. The van der Waals surface area contributed by atoms with Crippen molar-refractivity contribution in [3.05, 3.63) is 133 Å². The molecule has 0 radical (unpaired) electrons. The first kappa shape index (κ1) is 20.9. The molecular weight excluding hydrogens is 472 g/mol. The van der Waals surface area contributed by atoms with Gasteiger partial charge in [0.1, 0.15) is 11.5 Å². The average Bonchev–Trinajstić information content (AvgIpc) is 2.99. The van der Waals surface area contributed by atoms with Gasteiger partial charge in [-0.15, -0.1) is 0 Å². The van der Waals surface area contributed by atoms with Crippen LogP contribution in [0.1, 0.15) is 0 Å². The van der Waals surface area contributed by atoms with Crippen LogP contribution in [0.25, 0.3) is 76.1 Å². The van der Waals surface area contributed by atoms with Crippen molar-refractivity contribution >= 4 is 53.9 Å². The molecule has 1 heterocycles. The predicted octanol–water partition coefficient (Wildman–Crippen LogP) is 10.9. The molecule has 0 aliphatic carbocycles. The van der Waals surface area contributed by atoms with Crippen molar-refractivity contribution in [2.24, 2.45) is 0 Å². The maximum atomic E-state index is 6.61. The van der Waals surface area contributed by atoms with E-state index in [0.29, 0.717) is 0 Å². The molecule has 1 aliphatic heterocycles. The summed E-state index contributed by atoms with van der Waals surface area (Å²) in [5.74, 6) is 1.84. The maximum absolute atomic E-state index is 6.61. The molecule has 9 rings (SSSR count). The molecule has 0 amide bonds. The third-order valence-corrected chi connectivity index (χ3v) is 8.38. The van der Waals surface area contributed by atoms with Crippen LogP contribution in [0.15, 0.2) is 133 Å². The summed E-state index contributed by atoms with van der Waals surface area (Å²) < 4.78 is 6.61. The third kappa shape index (κ3) is 3.02. The van der Waals surface area contributed by atoms with Gasteiger partial charge in [0.15, 0.2) is 0 Å². The smallest absolute Gasteiger partial charge is 0.136 e. The Morgan fingerprint density at radius 2 is 1.03 bits per heavy atom. The highest BCUT2D eigenvalue weighted by molar-refractivity contribution is 6.16. The molecular formula is C38H22O. The minimum atomic E-state index is 0.910. The molecule has 8 aromatic carbocycles. The Morgan fingerprint density at radius 3 is 1.95 bits per heavy atom. The summed E-state index contributed by atoms with van der Waals surface area (Å²) in [5, 5.41) is 12.5. The van der Waals surface area contributed by atoms with Crippen LogP contribution < -0.4 is 4.74 Å². The van der Waals surface area contributed by atoms with E-state index in [2.05, 4.69) is 133 Å². The van der Waals surface area contributed by atoms with Gasteiger partial charge in [0.2, 0.25) is 0 Å². The zero-order valence-corrected chi connectivity index (χ0v) is 21.1. The second-order valence-corrected chi connectivity index (χ2v) is 10.6. The van der Waals surface area contributed by atoms with Crippen LogP contribution in [0, 0.1) is 0 Å². The van der Waals surface area contributed by atoms with Gasteiger partial charge >= 0.3 is 0 Å². The van der Waals surface area contributed by atoms with Crippen LogP contribution in [0.3, 0.4) is 0 Å². The molecule has 39 heavy (non-hydrogen) atoms. The summed E-state index contributed by atoms with van der Waals surface area (Å²) in [6, 6.07) is 48.4. The van der Waals surface area contributed by atoms with Crippen molar-refractivity contribution in [3.63, 3.8) is 0 Å². The van der Waals surface area contributed by atoms with E-state index in [4.69, 9.17) is 4.74 Å². The molecule has 1 heteroatoms. The van der Waals surface area contributed by atoms with Crippen LogP contribution in [0.4, 0.5) is 0 Å². The molecule has 0 N–H and O–H groups in total. The molecule has 0 spiro atoms. The van der Waals surface area contributed by atoms with Crippen LogP contribution in [0.2, 0.25) is 0 Å². The van der Waals surface area contributed by atoms with E-state index in [-0.39, 0.29) is 0 Å². The van der Waals surface area contributed by atoms with Gasteiger partial charge in [0, 0.05) is 10.9 Å². The van der Waals surface area contributed by atoms with Crippen molar-refractivity contribution in [2.75, 3.05) is 0 Å². The van der Waals surface area contributed by atoms with E-state index in [9.17, 15) is 0 Å². The van der Waals surface area contributed by atoms with E-state index in [1.54, 1.807) is 0 Å². The Balaban J connectivity index is 1.21. The fraction of sp³-hybridized carbons (Fsp3) is 0. The molecule has 180 valence electrons. The lowest BCUT2D eigenvalue weighted by Gasteiger charge is -2.23. The lowest BCUT2D eigenvalue weighted by Crippen LogP contribution is -1.98. The summed E-state index contributed by atoms with van der Waals surface area (Å²) in [5.41, 5.74) is 4.73. The molecule has 0 unspecified atom stereocenters. The van der Waals surface area contributed by atoms with E-state index in [0.717, 1.165) is 22.6 Å². The standard InChI is InChI=1S/C38H22O/c1-3-8-30-23(6-1)12-15-28-18-25-14-13-24(19-29(25)20-35(28)30)26-16-17-32-34-11-5-10-33-31-9-4-2-7-27(31)22-37(38(33)34)39-36(32)21-26/h1-22H. The van der Waals surface area contributed by atoms with Gasteiger partial charge in [-0.3, -0.25) is 0 Å². The Labute approximate surface area is 225 Å². The van der Waals surface area contributed by atoms with Crippen LogP contribution in [-0.2, 0) is 0 Å². The van der Waals surface area contributed by atoms with Gasteiger partial charge < -0.3 is 4.74 Å². The minimum Gasteiger partial charge on any atom is -0.456 e. The Kier molecular flexibility index (Phi) is 4.11. The molecule has 0 atom stereocenters. The van der Waals surface area contributed by atoms with Gasteiger partial charge in [0.25, 0.3) is 0 Å². The number of hydrogen-bond acceptors (Lipinski definition) is 1. The number of ether oxygens (including phenoxy) is 1. The van der Waals surface area contributed by atoms with Crippen LogP contribution in [-0.4, -0.2) is 0 Å². The molecule has 0 aromatic heterocycles. The van der Waals surface area contributed by atoms with Crippen molar-refractivity contribution in [2.45, 2.75) is 0 Å². The predicted molar refractivity (Wildman–Crippen MR) is 165 cm³/mol. The summed E-state index contributed by atoms with van der Waals surface area (Å²) in [4.78, 5) is 0. The largest absolute Gasteiger partial charge is 0.456 e. The fourth-order valence-electron chi connectivity index (χ4n) is 6.49. The molecule has 8 aromatic rings. The number of hydrogen-bond donors (Lipinski definition) is 0. The van der Waals surface area contributed by atoms with E-state index in [1.165, 1.54) is 65.0 Å². The summed E-state index contributed by atoms with van der Waals surface area (Å²) in [7, 11) is 0. The van der Waals surface area contributed by atoms with E-state index in [1.807, 2.05) is 0 Å². The lowest BCUT2D eigenvalue weighted by molar-refractivity contribution is 0.488. The average molecular weight is 495 g/mol. The zero-order valence-electron chi connectivity index (χ0n) is 21.1. The molecule has 0 saturated heterocycles. The molecule has 1 aliphatic rings. The highest BCUT2D eigenvalue weighted by Gasteiger charge is 2.22. The van der Waals surface area contributed by atoms with Gasteiger partial charge in [-0.1, -0.05) is 97.1 Å². The number of benzene rings is 8. The first-order valence-corrected chi connectivity index (χ1v) is 13.4.